The molecule has 0 saturated carbocycles. The van der Waals surface area contributed by atoms with Crippen molar-refractivity contribution >= 4 is 54.5 Å². The molecule has 124 valence electrons. The van der Waals surface area contributed by atoms with Gasteiger partial charge in [0.15, 0.2) is 14.9 Å². The van der Waals surface area contributed by atoms with E-state index in [1.165, 1.54) is 0 Å². The van der Waals surface area contributed by atoms with Gasteiger partial charge in [-0.05, 0) is 48.6 Å². The highest BCUT2D eigenvalue weighted by Gasteiger charge is 2.52. The third-order valence-electron chi connectivity index (χ3n) is 4.51. The van der Waals surface area contributed by atoms with Crippen molar-refractivity contribution in [3.63, 3.8) is 0 Å². The Hall–Kier alpha value is -1.44. The Kier molecular flexibility index (Phi) is 3.89. The summed E-state index contributed by atoms with van der Waals surface area (Å²) in [5.74, 6) is 0.275. The first-order valence-electron chi connectivity index (χ1n) is 7.60. The molecule has 2 aliphatic rings. The average Bonchev–Trinajstić information content (AvgIpc) is 2.98. The molecule has 2 aliphatic heterocycles. The molecule has 0 spiro atoms. The van der Waals surface area contributed by atoms with Crippen molar-refractivity contribution in [2.45, 2.75) is 12.1 Å². The van der Waals surface area contributed by atoms with Crippen LogP contribution in [0.15, 0.2) is 59.1 Å². The summed E-state index contributed by atoms with van der Waals surface area (Å²) in [6.45, 7) is 0. The fourth-order valence-corrected chi connectivity index (χ4v) is 6.16. The van der Waals surface area contributed by atoms with Gasteiger partial charge in [0, 0.05) is 15.8 Å². The van der Waals surface area contributed by atoms with Crippen LogP contribution < -0.4 is 9.80 Å². The van der Waals surface area contributed by atoms with Gasteiger partial charge in [0.2, 0.25) is 0 Å². The Morgan fingerprint density at radius 3 is 1.92 bits per heavy atom. The van der Waals surface area contributed by atoms with E-state index in [1.807, 2.05) is 64.4 Å². The van der Waals surface area contributed by atoms with Gasteiger partial charge in [-0.15, -0.1) is 0 Å². The molecule has 2 saturated heterocycles. The maximum atomic E-state index is 12.3. The monoisotopic (exact) mass is 422 g/mol. The second-order valence-corrected chi connectivity index (χ2v) is 9.48. The Labute approximate surface area is 155 Å². The van der Waals surface area contributed by atoms with Crippen molar-refractivity contribution in [2.75, 3.05) is 21.3 Å². The molecule has 0 amide bonds. The summed E-state index contributed by atoms with van der Waals surface area (Å²) in [4.78, 5) is 3.98. The van der Waals surface area contributed by atoms with Gasteiger partial charge in [0.25, 0.3) is 0 Å². The summed E-state index contributed by atoms with van der Waals surface area (Å²) in [6.07, 6.45) is 0. The fraction of sp³-hybridized carbons (Fsp3) is 0.235. The standard InChI is InChI=1S/C17H15BrN2O2S2/c18-12-6-8-14(9-7-12)20-16-11-24(21,22)10-15(16)19(17(20)23)13-4-2-1-3-5-13/h1-9,15-16H,10-11H2/t15-,16-/m1/s1. The number of nitrogens with zero attached hydrogens (tertiary/aromatic N) is 2. The first kappa shape index (κ1) is 16.1. The minimum absolute atomic E-state index is 0.136. The SMILES string of the molecule is O=S1(=O)C[C@@H]2[C@@H](C1)N(c1ccc(Br)cc1)C(=S)N2c1ccccc1. The molecule has 2 aromatic rings. The molecule has 2 aromatic carbocycles. The summed E-state index contributed by atoms with van der Waals surface area (Å²) in [5.41, 5.74) is 1.86. The van der Waals surface area contributed by atoms with Crippen LogP contribution in [0.2, 0.25) is 0 Å². The largest absolute Gasteiger partial charge is 0.312 e. The quantitative estimate of drug-likeness (QED) is 0.694. The first-order chi connectivity index (χ1) is 11.5. The lowest BCUT2D eigenvalue weighted by molar-refractivity contribution is 0.601. The van der Waals surface area contributed by atoms with Gasteiger partial charge in [-0.3, -0.25) is 0 Å². The van der Waals surface area contributed by atoms with Gasteiger partial charge in [-0.2, -0.15) is 0 Å². The normalized spacial score (nSPS) is 25.1. The number of anilines is 2. The van der Waals surface area contributed by atoms with Crippen molar-refractivity contribution < 1.29 is 8.42 Å². The highest BCUT2D eigenvalue weighted by atomic mass is 79.9. The van der Waals surface area contributed by atoms with E-state index in [0.717, 1.165) is 15.8 Å². The zero-order valence-electron chi connectivity index (χ0n) is 12.7. The molecule has 24 heavy (non-hydrogen) atoms. The van der Waals surface area contributed by atoms with E-state index in [1.54, 1.807) is 0 Å². The van der Waals surface area contributed by atoms with E-state index in [4.69, 9.17) is 12.2 Å². The summed E-state index contributed by atoms with van der Waals surface area (Å²) >= 11 is 9.17. The third kappa shape index (κ3) is 2.64. The molecule has 2 heterocycles. The number of sulfone groups is 1. The number of benzene rings is 2. The van der Waals surface area contributed by atoms with Crippen LogP contribution in [0.4, 0.5) is 11.4 Å². The number of hydrogen-bond donors (Lipinski definition) is 0. The zero-order chi connectivity index (χ0) is 16.9. The van der Waals surface area contributed by atoms with Crippen LogP contribution in [-0.4, -0.2) is 37.1 Å². The second-order valence-electron chi connectivity index (χ2n) is 6.05. The summed E-state index contributed by atoms with van der Waals surface area (Å²) in [6, 6.07) is 17.3. The molecule has 0 aliphatic carbocycles. The van der Waals surface area contributed by atoms with Gasteiger partial charge < -0.3 is 9.80 Å². The van der Waals surface area contributed by atoms with E-state index >= 15 is 0 Å². The molecule has 0 unspecified atom stereocenters. The molecular formula is C17H15BrN2O2S2. The van der Waals surface area contributed by atoms with Gasteiger partial charge in [0.1, 0.15) is 0 Å². The Balaban J connectivity index is 1.80. The van der Waals surface area contributed by atoms with E-state index in [-0.39, 0.29) is 23.6 Å². The molecule has 2 fully saturated rings. The van der Waals surface area contributed by atoms with Crippen LogP contribution in [0.1, 0.15) is 0 Å². The lowest BCUT2D eigenvalue weighted by atomic mass is 10.1. The van der Waals surface area contributed by atoms with Gasteiger partial charge in [-0.1, -0.05) is 34.1 Å². The highest BCUT2D eigenvalue weighted by molar-refractivity contribution is 9.10. The molecular weight excluding hydrogens is 408 g/mol. The van der Waals surface area contributed by atoms with Crippen molar-refractivity contribution in [3.8, 4) is 0 Å². The van der Waals surface area contributed by atoms with Crippen molar-refractivity contribution in [2.24, 2.45) is 0 Å². The van der Waals surface area contributed by atoms with Gasteiger partial charge in [-0.25, -0.2) is 8.42 Å². The minimum Gasteiger partial charge on any atom is -0.312 e. The van der Waals surface area contributed by atoms with Gasteiger partial charge >= 0.3 is 0 Å². The maximum Gasteiger partial charge on any atom is 0.181 e. The molecule has 0 aromatic heterocycles. The first-order valence-corrected chi connectivity index (χ1v) is 10.6. The predicted molar refractivity (Wildman–Crippen MR) is 104 cm³/mol. The van der Waals surface area contributed by atoms with Gasteiger partial charge in [0.05, 0.1) is 23.6 Å². The fourth-order valence-electron chi connectivity index (χ4n) is 3.50. The number of rotatable bonds is 2. The molecule has 4 nitrogen and oxygen atoms in total. The number of thiocarbonyl (C=S) groups is 1. The van der Waals surface area contributed by atoms with E-state index in [2.05, 4.69) is 15.9 Å². The molecule has 0 bridgehead atoms. The third-order valence-corrected chi connectivity index (χ3v) is 7.13. The molecule has 0 N–H and O–H groups in total. The molecule has 0 radical (unpaired) electrons. The lowest BCUT2D eigenvalue weighted by Gasteiger charge is -2.25. The van der Waals surface area contributed by atoms with Crippen molar-refractivity contribution in [1.82, 2.24) is 0 Å². The maximum absolute atomic E-state index is 12.3. The molecule has 7 heteroatoms. The average molecular weight is 423 g/mol. The van der Waals surface area contributed by atoms with Crippen LogP contribution in [0.5, 0.6) is 0 Å². The second kappa shape index (κ2) is 5.82. The summed E-state index contributed by atoms with van der Waals surface area (Å²) < 4.78 is 25.5. The number of halogens is 1. The van der Waals surface area contributed by atoms with Crippen LogP contribution in [0.25, 0.3) is 0 Å². The smallest absolute Gasteiger partial charge is 0.181 e. The number of para-hydroxylation sites is 1. The zero-order valence-corrected chi connectivity index (χ0v) is 15.9. The van der Waals surface area contributed by atoms with Crippen LogP contribution in [0, 0.1) is 0 Å². The number of hydrogen-bond acceptors (Lipinski definition) is 3. The predicted octanol–water partition coefficient (Wildman–Crippen LogP) is 3.23. The summed E-state index contributed by atoms with van der Waals surface area (Å²) in [5, 5.41) is 0.661. The van der Waals surface area contributed by atoms with E-state index in [0.29, 0.717) is 5.11 Å². The van der Waals surface area contributed by atoms with Crippen molar-refractivity contribution in [1.29, 1.82) is 0 Å². The lowest BCUT2D eigenvalue weighted by Crippen LogP contribution is -2.37. The Morgan fingerprint density at radius 1 is 0.875 bits per heavy atom. The van der Waals surface area contributed by atoms with E-state index in [9.17, 15) is 8.42 Å². The Bertz CT molecular complexity index is 885. The van der Waals surface area contributed by atoms with Crippen LogP contribution in [-0.2, 0) is 9.84 Å². The van der Waals surface area contributed by atoms with E-state index < -0.39 is 9.84 Å². The van der Waals surface area contributed by atoms with Crippen LogP contribution >= 0.6 is 28.1 Å². The highest BCUT2D eigenvalue weighted by Crippen LogP contribution is 2.38. The van der Waals surface area contributed by atoms with Crippen LogP contribution in [0.3, 0.4) is 0 Å². The summed E-state index contributed by atoms with van der Waals surface area (Å²) in [7, 11) is -3.07. The minimum atomic E-state index is -3.07. The molecule has 4 rings (SSSR count). The topological polar surface area (TPSA) is 40.6 Å². The van der Waals surface area contributed by atoms with Crippen molar-refractivity contribution in [3.05, 3.63) is 59.1 Å². The number of fused-ring (bicyclic) bond motifs is 1. The Morgan fingerprint density at radius 2 is 1.38 bits per heavy atom. The molecule has 2 atom stereocenters.